The van der Waals surface area contributed by atoms with Crippen LogP contribution in [0.1, 0.15) is 43.1 Å². The third-order valence-corrected chi connectivity index (χ3v) is 5.32. The summed E-state index contributed by atoms with van der Waals surface area (Å²) >= 11 is 0. The molecule has 1 N–H and O–H groups in total. The summed E-state index contributed by atoms with van der Waals surface area (Å²) in [6.45, 7) is 7.30. The van der Waals surface area contributed by atoms with Crippen molar-refractivity contribution in [3.05, 3.63) is 29.3 Å². The Morgan fingerprint density at radius 3 is 2.80 bits per heavy atom. The van der Waals surface area contributed by atoms with Gasteiger partial charge >= 0.3 is 6.09 Å². The van der Waals surface area contributed by atoms with Gasteiger partial charge in [0.25, 0.3) is 0 Å². The predicted molar refractivity (Wildman–Crippen MR) is 92.3 cm³/mol. The SMILES string of the molecule is CC(C)(C)[C@]1(COc2cccc3c2CCC3=O)CN(C(=O)O)CCO1. The summed E-state index contributed by atoms with van der Waals surface area (Å²) in [4.78, 5) is 24.7. The second kappa shape index (κ2) is 6.33. The van der Waals surface area contributed by atoms with Crippen molar-refractivity contribution in [3.63, 3.8) is 0 Å². The number of rotatable bonds is 3. The lowest BCUT2D eigenvalue weighted by Gasteiger charge is -2.49. The van der Waals surface area contributed by atoms with Gasteiger partial charge in [-0.2, -0.15) is 0 Å². The Bertz CT molecular complexity index is 694. The molecule has 1 atom stereocenters. The van der Waals surface area contributed by atoms with Gasteiger partial charge < -0.3 is 19.5 Å². The Kier molecular flexibility index (Phi) is 4.49. The maximum atomic E-state index is 11.9. The summed E-state index contributed by atoms with van der Waals surface area (Å²) in [5, 5.41) is 9.37. The van der Waals surface area contributed by atoms with Gasteiger partial charge in [-0.1, -0.05) is 32.9 Å². The van der Waals surface area contributed by atoms with Crippen LogP contribution in [0.5, 0.6) is 5.75 Å². The van der Waals surface area contributed by atoms with Crippen molar-refractivity contribution in [1.29, 1.82) is 0 Å². The number of carbonyl (C=O) groups is 2. The Labute approximate surface area is 147 Å². The Balaban J connectivity index is 1.84. The lowest BCUT2D eigenvalue weighted by Crippen LogP contribution is -2.62. The van der Waals surface area contributed by atoms with Crippen LogP contribution in [0.15, 0.2) is 18.2 Å². The molecule has 136 valence electrons. The van der Waals surface area contributed by atoms with Gasteiger partial charge in [0.15, 0.2) is 5.78 Å². The van der Waals surface area contributed by atoms with Crippen LogP contribution in [0.3, 0.4) is 0 Å². The number of fused-ring (bicyclic) bond motifs is 1. The van der Waals surface area contributed by atoms with E-state index in [-0.39, 0.29) is 24.3 Å². The lowest BCUT2D eigenvalue weighted by atomic mass is 9.75. The zero-order valence-corrected chi connectivity index (χ0v) is 15.0. The molecular formula is C19H25NO5. The van der Waals surface area contributed by atoms with Gasteiger partial charge in [0, 0.05) is 24.1 Å². The Morgan fingerprint density at radius 1 is 1.36 bits per heavy atom. The topological polar surface area (TPSA) is 76.1 Å². The number of Topliss-reactive ketones (excluding diaryl/α,β-unsaturated/α-hetero) is 1. The molecule has 25 heavy (non-hydrogen) atoms. The van der Waals surface area contributed by atoms with E-state index in [1.165, 1.54) is 4.90 Å². The van der Waals surface area contributed by atoms with Crippen molar-refractivity contribution in [2.24, 2.45) is 5.41 Å². The summed E-state index contributed by atoms with van der Waals surface area (Å²) in [6, 6.07) is 5.53. The molecule has 0 radical (unpaired) electrons. The minimum Gasteiger partial charge on any atom is -0.490 e. The Morgan fingerprint density at radius 2 is 2.12 bits per heavy atom. The molecule has 0 saturated carbocycles. The monoisotopic (exact) mass is 347 g/mol. The number of carboxylic acid groups (broad SMARTS) is 1. The summed E-state index contributed by atoms with van der Waals surface area (Å²) in [5.74, 6) is 0.847. The summed E-state index contributed by atoms with van der Waals surface area (Å²) < 4.78 is 12.2. The summed E-state index contributed by atoms with van der Waals surface area (Å²) in [7, 11) is 0. The van der Waals surface area contributed by atoms with E-state index in [2.05, 4.69) is 0 Å². The van der Waals surface area contributed by atoms with Gasteiger partial charge in [-0.05, 0) is 17.9 Å². The van der Waals surface area contributed by atoms with Crippen LogP contribution in [0.2, 0.25) is 0 Å². The van der Waals surface area contributed by atoms with Crippen LogP contribution in [-0.2, 0) is 11.2 Å². The van der Waals surface area contributed by atoms with Crippen molar-refractivity contribution in [1.82, 2.24) is 4.90 Å². The second-order valence-electron chi connectivity index (χ2n) is 7.79. The highest BCUT2D eigenvalue weighted by Crippen LogP contribution is 2.38. The quantitative estimate of drug-likeness (QED) is 0.910. The van der Waals surface area contributed by atoms with Crippen molar-refractivity contribution in [2.45, 2.75) is 39.2 Å². The predicted octanol–water partition coefficient (Wildman–Crippen LogP) is 2.99. The largest absolute Gasteiger partial charge is 0.490 e. The fourth-order valence-electron chi connectivity index (χ4n) is 3.49. The number of morpholine rings is 1. The van der Waals surface area contributed by atoms with E-state index in [0.717, 1.165) is 11.1 Å². The molecule has 0 aromatic heterocycles. The third kappa shape index (κ3) is 3.23. The molecule has 2 aliphatic rings. The minimum absolute atomic E-state index is 0.150. The molecule has 0 unspecified atom stereocenters. The minimum atomic E-state index is -0.942. The van der Waals surface area contributed by atoms with E-state index in [9.17, 15) is 14.7 Å². The highest BCUT2D eigenvalue weighted by molar-refractivity contribution is 6.01. The van der Waals surface area contributed by atoms with Crippen molar-refractivity contribution < 1.29 is 24.2 Å². The van der Waals surface area contributed by atoms with Crippen molar-refractivity contribution in [2.75, 3.05) is 26.3 Å². The zero-order chi connectivity index (χ0) is 18.2. The third-order valence-electron chi connectivity index (χ3n) is 5.32. The van der Waals surface area contributed by atoms with Gasteiger partial charge in [0.1, 0.15) is 18.0 Å². The van der Waals surface area contributed by atoms with Gasteiger partial charge in [0.2, 0.25) is 0 Å². The van der Waals surface area contributed by atoms with Crippen LogP contribution in [-0.4, -0.2) is 53.8 Å². The molecule has 0 spiro atoms. The molecule has 1 amide bonds. The molecule has 1 aromatic rings. The average Bonchev–Trinajstić information content (AvgIpc) is 2.94. The number of carbonyl (C=O) groups excluding carboxylic acids is 1. The first kappa shape index (κ1) is 17.7. The number of hydrogen-bond donors (Lipinski definition) is 1. The average molecular weight is 347 g/mol. The highest BCUT2D eigenvalue weighted by Gasteiger charge is 2.48. The van der Waals surface area contributed by atoms with Crippen LogP contribution in [0.4, 0.5) is 4.79 Å². The van der Waals surface area contributed by atoms with E-state index >= 15 is 0 Å². The molecule has 1 aliphatic carbocycles. The van der Waals surface area contributed by atoms with E-state index in [4.69, 9.17) is 9.47 Å². The normalized spacial score (nSPS) is 23.5. The highest BCUT2D eigenvalue weighted by atomic mass is 16.5. The number of nitrogens with zero attached hydrogens (tertiary/aromatic N) is 1. The molecule has 1 heterocycles. The van der Waals surface area contributed by atoms with E-state index in [0.29, 0.717) is 31.7 Å². The van der Waals surface area contributed by atoms with Crippen LogP contribution < -0.4 is 4.74 Å². The molecular weight excluding hydrogens is 322 g/mol. The number of benzene rings is 1. The standard InChI is InChI=1S/C19H25NO5/c1-18(2,3)19(11-20(17(22)23)9-10-25-19)12-24-16-6-4-5-13-14(16)7-8-15(13)21/h4-6H,7-12H2,1-3H3,(H,22,23)/t19-/m1/s1. The number of hydrogen-bond acceptors (Lipinski definition) is 4. The first-order valence-corrected chi connectivity index (χ1v) is 8.63. The maximum Gasteiger partial charge on any atom is 0.407 e. The van der Waals surface area contributed by atoms with Gasteiger partial charge in [-0.15, -0.1) is 0 Å². The molecule has 1 fully saturated rings. The van der Waals surface area contributed by atoms with Gasteiger partial charge in [0.05, 0.1) is 13.2 Å². The van der Waals surface area contributed by atoms with E-state index in [1.54, 1.807) is 0 Å². The fraction of sp³-hybridized carbons (Fsp3) is 0.579. The first-order valence-electron chi connectivity index (χ1n) is 8.63. The van der Waals surface area contributed by atoms with Crippen molar-refractivity contribution >= 4 is 11.9 Å². The van der Waals surface area contributed by atoms with E-state index < -0.39 is 11.7 Å². The Hall–Kier alpha value is -2.08. The molecule has 1 saturated heterocycles. The van der Waals surface area contributed by atoms with Crippen LogP contribution in [0.25, 0.3) is 0 Å². The number of ether oxygens (including phenoxy) is 2. The maximum absolute atomic E-state index is 11.9. The first-order chi connectivity index (χ1) is 11.7. The van der Waals surface area contributed by atoms with Crippen molar-refractivity contribution in [3.8, 4) is 5.75 Å². The zero-order valence-electron chi connectivity index (χ0n) is 15.0. The van der Waals surface area contributed by atoms with Gasteiger partial charge in [-0.3, -0.25) is 4.79 Å². The van der Waals surface area contributed by atoms with Crippen LogP contribution in [0, 0.1) is 5.41 Å². The number of ketones is 1. The fourth-order valence-corrected chi connectivity index (χ4v) is 3.49. The smallest absolute Gasteiger partial charge is 0.407 e. The second-order valence-corrected chi connectivity index (χ2v) is 7.79. The lowest BCUT2D eigenvalue weighted by molar-refractivity contribution is -0.175. The molecule has 1 aliphatic heterocycles. The molecule has 3 rings (SSSR count). The summed E-state index contributed by atoms with van der Waals surface area (Å²) in [5.41, 5.74) is 0.630. The molecule has 6 nitrogen and oxygen atoms in total. The van der Waals surface area contributed by atoms with Gasteiger partial charge in [-0.25, -0.2) is 4.79 Å². The number of amides is 1. The van der Waals surface area contributed by atoms with E-state index in [1.807, 2.05) is 39.0 Å². The molecule has 6 heteroatoms. The van der Waals surface area contributed by atoms with Crippen LogP contribution >= 0.6 is 0 Å². The summed E-state index contributed by atoms with van der Waals surface area (Å²) in [6.07, 6.45) is 0.265. The molecule has 0 bridgehead atoms. The molecule has 1 aromatic carbocycles.